The number of carbonyl (C=O) groups excluding carboxylic acids is 3. The molecule has 1 atom stereocenters. The molecule has 11 nitrogen and oxygen atoms in total. The van der Waals surface area contributed by atoms with Crippen LogP contribution >= 0.6 is 0 Å². The van der Waals surface area contributed by atoms with Crippen molar-refractivity contribution in [2.75, 3.05) is 46.9 Å². The van der Waals surface area contributed by atoms with Gasteiger partial charge in [-0.2, -0.15) is 0 Å². The predicted octanol–water partition coefficient (Wildman–Crippen LogP) is 2.08. The van der Waals surface area contributed by atoms with Gasteiger partial charge in [-0.25, -0.2) is 4.79 Å². The molecule has 216 valence electrons. The van der Waals surface area contributed by atoms with Gasteiger partial charge in [0.15, 0.2) is 11.9 Å². The average molecular weight is 561 g/mol. The van der Waals surface area contributed by atoms with Gasteiger partial charge in [-0.15, -0.1) is 0 Å². The highest BCUT2D eigenvalue weighted by Gasteiger charge is 2.27. The fourth-order valence-electron chi connectivity index (χ4n) is 4.80. The standard InChI is InChI=1S/C20H25N5O3.C10H11NO2/c1-2-3-10-24-11-13-25(14-12-24)18(23-28)16-7-4-15(5-8-16)6-9-17-19(26)22-20(27)21-17;1-11-6-7-3-4-8(13-2)5-9(7)10(11)12/h4-5,7-8,17,28H,2-3,10-14H2,1H3,(H2,21,22,26,27);3-5H,6H2,1-2H3/b23-18-;. The number of rotatable bonds is 5. The molecule has 3 aliphatic rings. The van der Waals surface area contributed by atoms with E-state index in [1.54, 1.807) is 37.3 Å². The third-order valence-electron chi connectivity index (χ3n) is 7.17. The van der Waals surface area contributed by atoms with Gasteiger partial charge in [0.2, 0.25) is 0 Å². The van der Waals surface area contributed by atoms with Gasteiger partial charge in [-0.05, 0) is 54.9 Å². The van der Waals surface area contributed by atoms with E-state index in [9.17, 15) is 19.6 Å². The minimum absolute atomic E-state index is 0.0777. The number of piperazine rings is 1. The maximum absolute atomic E-state index is 11.5. The molecular weight excluding hydrogens is 524 g/mol. The molecule has 3 aliphatic heterocycles. The van der Waals surface area contributed by atoms with Crippen molar-refractivity contribution in [2.45, 2.75) is 32.4 Å². The first-order valence-corrected chi connectivity index (χ1v) is 13.7. The third-order valence-corrected chi connectivity index (χ3v) is 7.17. The van der Waals surface area contributed by atoms with Crippen molar-refractivity contribution >= 4 is 23.7 Å². The first kappa shape index (κ1) is 29.4. The molecule has 2 fully saturated rings. The van der Waals surface area contributed by atoms with E-state index in [0.29, 0.717) is 17.9 Å². The van der Waals surface area contributed by atoms with Crippen LogP contribution in [0.5, 0.6) is 5.75 Å². The summed E-state index contributed by atoms with van der Waals surface area (Å²) in [6.45, 7) is 7.57. The number of amides is 4. The molecule has 0 saturated carbocycles. The van der Waals surface area contributed by atoms with Crippen LogP contribution in [0.3, 0.4) is 0 Å². The van der Waals surface area contributed by atoms with Crippen LogP contribution in [0, 0.1) is 11.8 Å². The van der Waals surface area contributed by atoms with Crippen LogP contribution in [0.15, 0.2) is 47.6 Å². The Balaban J connectivity index is 0.000000247. The van der Waals surface area contributed by atoms with Gasteiger partial charge in [-0.1, -0.05) is 36.4 Å². The normalized spacial score (nSPS) is 18.6. The fourth-order valence-corrected chi connectivity index (χ4v) is 4.80. The SMILES string of the molecule is CCCCN1CCN(/C(=N\O)c2ccc(C#CC3NC(=O)NC3=O)cc2)CC1.COc1ccc2c(c1)C(=O)N(C)C2. The molecule has 4 amide bonds. The summed E-state index contributed by atoms with van der Waals surface area (Å²) in [6, 6.07) is 11.6. The quantitative estimate of drug-likeness (QED) is 0.128. The van der Waals surface area contributed by atoms with Crippen molar-refractivity contribution in [1.82, 2.24) is 25.3 Å². The van der Waals surface area contributed by atoms with Crippen molar-refractivity contribution < 1.29 is 24.3 Å². The molecule has 3 heterocycles. The van der Waals surface area contributed by atoms with E-state index in [1.807, 2.05) is 24.3 Å². The van der Waals surface area contributed by atoms with Crippen LogP contribution < -0.4 is 15.4 Å². The number of urea groups is 1. The zero-order valence-electron chi connectivity index (χ0n) is 23.6. The van der Waals surface area contributed by atoms with Crippen molar-refractivity contribution in [2.24, 2.45) is 5.16 Å². The summed E-state index contributed by atoms with van der Waals surface area (Å²) in [6.07, 6.45) is 2.40. The molecule has 2 aromatic rings. The number of ether oxygens (including phenoxy) is 1. The van der Waals surface area contributed by atoms with E-state index in [-0.39, 0.29) is 5.91 Å². The van der Waals surface area contributed by atoms with Crippen LogP contribution in [0.25, 0.3) is 0 Å². The number of unbranched alkanes of at least 4 members (excludes halogenated alkanes) is 1. The van der Waals surface area contributed by atoms with Crippen LogP contribution in [-0.4, -0.2) is 96.5 Å². The van der Waals surface area contributed by atoms with Crippen molar-refractivity contribution in [1.29, 1.82) is 0 Å². The lowest BCUT2D eigenvalue weighted by molar-refractivity contribution is -0.119. The monoisotopic (exact) mass is 560 g/mol. The topological polar surface area (TPSA) is 127 Å². The fraction of sp³-hybridized carbons (Fsp3) is 0.400. The van der Waals surface area contributed by atoms with E-state index < -0.39 is 18.0 Å². The number of carbonyl (C=O) groups is 3. The Morgan fingerprint density at radius 1 is 1.10 bits per heavy atom. The highest BCUT2D eigenvalue weighted by Crippen LogP contribution is 2.25. The lowest BCUT2D eigenvalue weighted by Crippen LogP contribution is -2.49. The van der Waals surface area contributed by atoms with Gasteiger partial charge < -0.3 is 25.1 Å². The van der Waals surface area contributed by atoms with Crippen LogP contribution in [-0.2, 0) is 11.3 Å². The second-order valence-electron chi connectivity index (χ2n) is 10.0. The van der Waals surface area contributed by atoms with E-state index in [4.69, 9.17) is 4.74 Å². The van der Waals surface area contributed by atoms with Crippen molar-refractivity contribution in [3.63, 3.8) is 0 Å². The molecule has 1 unspecified atom stereocenters. The summed E-state index contributed by atoms with van der Waals surface area (Å²) >= 11 is 0. The molecular formula is C30H36N6O5. The predicted molar refractivity (Wildman–Crippen MR) is 154 cm³/mol. The summed E-state index contributed by atoms with van der Waals surface area (Å²) in [7, 11) is 3.40. The van der Waals surface area contributed by atoms with Gasteiger partial charge in [0.1, 0.15) is 5.75 Å². The maximum atomic E-state index is 11.5. The smallest absolute Gasteiger partial charge is 0.322 e. The third kappa shape index (κ3) is 7.35. The second kappa shape index (κ2) is 13.7. The molecule has 3 N–H and O–H groups in total. The number of nitrogens with zero attached hydrogens (tertiary/aromatic N) is 4. The number of benzene rings is 2. The molecule has 11 heteroatoms. The summed E-state index contributed by atoms with van der Waals surface area (Å²) in [5.41, 5.74) is 3.36. The van der Waals surface area contributed by atoms with Gasteiger partial charge in [0.05, 0.1) is 7.11 Å². The van der Waals surface area contributed by atoms with E-state index in [0.717, 1.165) is 55.2 Å². The maximum Gasteiger partial charge on any atom is 0.322 e. The molecule has 0 spiro atoms. The first-order chi connectivity index (χ1) is 19.8. The number of hydrogen-bond acceptors (Lipinski definition) is 7. The van der Waals surface area contributed by atoms with Gasteiger partial charge in [0, 0.05) is 56.5 Å². The molecule has 2 aromatic carbocycles. The van der Waals surface area contributed by atoms with Crippen molar-refractivity contribution in [3.05, 3.63) is 64.7 Å². The highest BCUT2D eigenvalue weighted by atomic mass is 16.5. The van der Waals surface area contributed by atoms with Crippen LogP contribution in [0.1, 0.15) is 46.8 Å². The number of imide groups is 1. The van der Waals surface area contributed by atoms with Gasteiger partial charge in [0.25, 0.3) is 11.8 Å². The molecule has 5 rings (SSSR count). The molecule has 41 heavy (non-hydrogen) atoms. The molecule has 0 aliphatic carbocycles. The summed E-state index contributed by atoms with van der Waals surface area (Å²) in [5.74, 6) is 6.54. The van der Waals surface area contributed by atoms with Gasteiger partial charge in [-0.3, -0.25) is 19.8 Å². The van der Waals surface area contributed by atoms with Crippen LogP contribution in [0.4, 0.5) is 4.79 Å². The molecule has 0 aromatic heterocycles. The average Bonchev–Trinajstić information content (AvgIpc) is 3.47. The van der Waals surface area contributed by atoms with Gasteiger partial charge >= 0.3 is 6.03 Å². The lowest BCUT2D eigenvalue weighted by Gasteiger charge is -2.36. The molecule has 2 saturated heterocycles. The number of fused-ring (bicyclic) bond motifs is 1. The van der Waals surface area contributed by atoms with E-state index in [2.05, 4.69) is 44.4 Å². The molecule has 0 bridgehead atoms. The Kier molecular flexibility index (Phi) is 9.81. The minimum Gasteiger partial charge on any atom is -0.497 e. The zero-order chi connectivity index (χ0) is 29.4. The Labute approximate surface area is 240 Å². The number of nitrogens with one attached hydrogen (secondary N) is 2. The highest BCUT2D eigenvalue weighted by molar-refractivity contribution is 6.06. The zero-order valence-corrected chi connectivity index (χ0v) is 23.6. The largest absolute Gasteiger partial charge is 0.497 e. The van der Waals surface area contributed by atoms with Crippen LogP contribution in [0.2, 0.25) is 0 Å². The number of amidine groups is 1. The Morgan fingerprint density at radius 3 is 2.44 bits per heavy atom. The summed E-state index contributed by atoms with van der Waals surface area (Å²) in [4.78, 5) is 40.3. The Bertz CT molecular complexity index is 1360. The lowest BCUT2D eigenvalue weighted by atomic mass is 10.1. The number of methoxy groups -OCH3 is 1. The first-order valence-electron chi connectivity index (χ1n) is 13.7. The molecule has 0 radical (unpaired) electrons. The minimum atomic E-state index is -0.828. The number of hydrogen-bond donors (Lipinski definition) is 3. The Hall–Kier alpha value is -4.56. The number of oxime groups is 1. The van der Waals surface area contributed by atoms with E-state index >= 15 is 0 Å². The summed E-state index contributed by atoms with van der Waals surface area (Å²) < 4.78 is 5.05. The second-order valence-corrected chi connectivity index (χ2v) is 10.0. The summed E-state index contributed by atoms with van der Waals surface area (Å²) in [5, 5.41) is 17.6. The Morgan fingerprint density at radius 2 is 1.83 bits per heavy atom. The van der Waals surface area contributed by atoms with Crippen molar-refractivity contribution in [3.8, 4) is 17.6 Å². The van der Waals surface area contributed by atoms with E-state index in [1.165, 1.54) is 12.8 Å².